The zero-order chi connectivity index (χ0) is 22.3. The van der Waals surface area contributed by atoms with Gasteiger partial charge in [-0.3, -0.25) is 4.79 Å². The van der Waals surface area contributed by atoms with Gasteiger partial charge in [-0.15, -0.1) is 0 Å². The van der Waals surface area contributed by atoms with Crippen molar-refractivity contribution in [2.75, 3.05) is 32.1 Å². The Morgan fingerprint density at radius 3 is 2.27 bits per heavy atom. The van der Waals surface area contributed by atoms with E-state index in [0.29, 0.717) is 46.9 Å². The Hall–Kier alpha value is -2.10. The number of carbonyl (C=O) groups excluding carboxylic acids is 1. The van der Waals surface area contributed by atoms with Crippen LogP contribution in [0.4, 0.5) is 5.69 Å². The van der Waals surface area contributed by atoms with Crippen molar-refractivity contribution in [1.82, 2.24) is 4.31 Å². The highest BCUT2D eigenvalue weighted by Gasteiger charge is 2.21. The average molecular weight is 499 g/mol. The largest absolute Gasteiger partial charge is 0.493 e. The molecular formula is C21H27BrN2O5S. The monoisotopic (exact) mass is 498 g/mol. The molecule has 2 aromatic rings. The zero-order valence-electron chi connectivity index (χ0n) is 17.6. The molecule has 9 heteroatoms. The maximum Gasteiger partial charge on any atom is 0.255 e. The molecule has 0 aromatic heterocycles. The van der Waals surface area contributed by atoms with E-state index in [2.05, 4.69) is 21.2 Å². The molecule has 0 heterocycles. The predicted octanol–water partition coefficient (Wildman–Crippen LogP) is 4.53. The molecule has 0 spiro atoms. The van der Waals surface area contributed by atoms with Gasteiger partial charge in [0.25, 0.3) is 5.91 Å². The molecule has 0 atom stereocenters. The second-order valence-electron chi connectivity index (χ2n) is 6.41. The molecule has 0 saturated carbocycles. The van der Waals surface area contributed by atoms with Crippen molar-refractivity contribution in [3.63, 3.8) is 0 Å². The molecule has 0 unspecified atom stereocenters. The minimum atomic E-state index is -3.54. The van der Waals surface area contributed by atoms with Crippen molar-refractivity contribution in [3.8, 4) is 11.5 Å². The van der Waals surface area contributed by atoms with Crippen molar-refractivity contribution < 1.29 is 22.7 Å². The molecular weight excluding hydrogens is 472 g/mol. The normalized spacial score (nSPS) is 11.4. The molecule has 0 radical (unpaired) electrons. The summed E-state index contributed by atoms with van der Waals surface area (Å²) < 4.78 is 38.2. The van der Waals surface area contributed by atoms with Crippen LogP contribution < -0.4 is 14.8 Å². The summed E-state index contributed by atoms with van der Waals surface area (Å²) in [6, 6.07) is 9.37. The number of halogens is 1. The van der Waals surface area contributed by atoms with Crippen molar-refractivity contribution in [2.24, 2.45) is 0 Å². The van der Waals surface area contributed by atoms with E-state index in [1.54, 1.807) is 38.1 Å². The fraction of sp³-hybridized carbons (Fsp3) is 0.381. The third kappa shape index (κ3) is 5.53. The van der Waals surface area contributed by atoms with Gasteiger partial charge in [0.1, 0.15) is 0 Å². The second-order valence-corrected chi connectivity index (χ2v) is 9.20. The minimum Gasteiger partial charge on any atom is -0.493 e. The summed E-state index contributed by atoms with van der Waals surface area (Å²) in [5.74, 6) is 0.640. The van der Waals surface area contributed by atoms with Gasteiger partial charge in [-0.1, -0.05) is 20.8 Å². The van der Waals surface area contributed by atoms with Crippen molar-refractivity contribution >= 4 is 37.5 Å². The van der Waals surface area contributed by atoms with E-state index in [1.807, 2.05) is 6.92 Å². The number of anilines is 1. The van der Waals surface area contributed by atoms with Crippen LogP contribution in [0.5, 0.6) is 11.5 Å². The number of ether oxygens (including phenoxy) is 2. The maximum absolute atomic E-state index is 12.7. The Morgan fingerprint density at radius 1 is 1.10 bits per heavy atom. The first-order chi connectivity index (χ1) is 14.3. The van der Waals surface area contributed by atoms with E-state index in [1.165, 1.54) is 23.5 Å². The van der Waals surface area contributed by atoms with Gasteiger partial charge < -0.3 is 14.8 Å². The van der Waals surface area contributed by atoms with Gasteiger partial charge in [-0.25, -0.2) is 8.42 Å². The third-order valence-electron chi connectivity index (χ3n) is 4.40. The summed E-state index contributed by atoms with van der Waals surface area (Å²) in [6.07, 6.45) is 0.845. The molecule has 0 aliphatic heterocycles. The van der Waals surface area contributed by atoms with Crippen LogP contribution in [0.1, 0.15) is 37.6 Å². The Kier molecular flexibility index (Phi) is 8.69. The van der Waals surface area contributed by atoms with Crippen molar-refractivity contribution in [2.45, 2.75) is 32.1 Å². The summed E-state index contributed by atoms with van der Waals surface area (Å²) in [6.45, 7) is 6.91. The summed E-state index contributed by atoms with van der Waals surface area (Å²) in [7, 11) is -2.03. The van der Waals surface area contributed by atoms with Gasteiger partial charge >= 0.3 is 0 Å². The molecule has 0 saturated heterocycles. The van der Waals surface area contributed by atoms with Crippen LogP contribution in [-0.2, 0) is 10.0 Å². The minimum absolute atomic E-state index is 0.186. The molecule has 2 rings (SSSR count). The van der Waals surface area contributed by atoms with E-state index >= 15 is 0 Å². The number of hydrogen-bond acceptors (Lipinski definition) is 5. The molecule has 2 aromatic carbocycles. The standard InChI is InChI=1S/C21H27BrN2O5S/c1-5-12-29-20-18(22)13-15(14-19(20)28-4)21(25)23-16-8-10-17(11-9-16)30(26,27)24(6-2)7-3/h8-11,13-14H,5-7,12H2,1-4H3,(H,23,25). The third-order valence-corrected chi connectivity index (χ3v) is 7.05. The van der Waals surface area contributed by atoms with E-state index in [4.69, 9.17) is 9.47 Å². The number of nitrogens with zero attached hydrogens (tertiary/aromatic N) is 1. The number of methoxy groups -OCH3 is 1. The van der Waals surface area contributed by atoms with Crippen molar-refractivity contribution in [3.05, 3.63) is 46.4 Å². The van der Waals surface area contributed by atoms with Crippen LogP contribution in [0.15, 0.2) is 45.8 Å². The van der Waals surface area contributed by atoms with Crippen LogP contribution in [-0.4, -0.2) is 45.4 Å². The van der Waals surface area contributed by atoms with Gasteiger partial charge in [0, 0.05) is 24.3 Å². The van der Waals surface area contributed by atoms with Gasteiger partial charge in [0.2, 0.25) is 10.0 Å². The summed E-state index contributed by atoms with van der Waals surface area (Å²) in [5.41, 5.74) is 0.863. The smallest absolute Gasteiger partial charge is 0.255 e. The second kappa shape index (κ2) is 10.8. The molecule has 0 bridgehead atoms. The topological polar surface area (TPSA) is 84.9 Å². The first kappa shape index (κ1) is 24.2. The number of amides is 1. The molecule has 0 fully saturated rings. The first-order valence-electron chi connectivity index (χ1n) is 9.70. The van der Waals surface area contributed by atoms with E-state index < -0.39 is 10.0 Å². The fourth-order valence-corrected chi connectivity index (χ4v) is 4.84. The molecule has 164 valence electrons. The first-order valence-corrected chi connectivity index (χ1v) is 11.9. The Balaban J connectivity index is 2.21. The summed E-state index contributed by atoms with van der Waals surface area (Å²) in [4.78, 5) is 12.9. The van der Waals surface area contributed by atoms with Gasteiger partial charge in [-0.05, 0) is 58.7 Å². The Bertz CT molecular complexity index is 974. The lowest BCUT2D eigenvalue weighted by atomic mass is 10.1. The van der Waals surface area contributed by atoms with Crippen LogP contribution >= 0.6 is 15.9 Å². The molecule has 1 amide bonds. The molecule has 7 nitrogen and oxygen atoms in total. The van der Waals surface area contributed by atoms with Crippen LogP contribution in [0, 0.1) is 0 Å². The molecule has 0 aliphatic rings. The van der Waals surface area contributed by atoms with Gasteiger partial charge in [0.05, 0.1) is 23.1 Å². The number of hydrogen-bond donors (Lipinski definition) is 1. The highest BCUT2D eigenvalue weighted by molar-refractivity contribution is 9.10. The number of benzene rings is 2. The Labute approximate surface area is 186 Å². The fourth-order valence-electron chi connectivity index (χ4n) is 2.82. The highest BCUT2D eigenvalue weighted by atomic mass is 79.9. The maximum atomic E-state index is 12.7. The summed E-state index contributed by atoms with van der Waals surface area (Å²) >= 11 is 3.42. The van der Waals surface area contributed by atoms with Crippen molar-refractivity contribution in [1.29, 1.82) is 0 Å². The lowest BCUT2D eigenvalue weighted by molar-refractivity contribution is 0.102. The number of rotatable bonds is 10. The van der Waals surface area contributed by atoms with Crippen LogP contribution in [0.2, 0.25) is 0 Å². The van der Waals surface area contributed by atoms with E-state index in [9.17, 15) is 13.2 Å². The van der Waals surface area contributed by atoms with Gasteiger partial charge in [0.15, 0.2) is 11.5 Å². The predicted molar refractivity (Wildman–Crippen MR) is 121 cm³/mol. The average Bonchev–Trinajstić information content (AvgIpc) is 2.73. The SMILES string of the molecule is CCCOc1c(Br)cc(C(=O)Nc2ccc(S(=O)(=O)N(CC)CC)cc2)cc1OC. The highest BCUT2D eigenvalue weighted by Crippen LogP contribution is 2.37. The van der Waals surface area contributed by atoms with Crippen LogP contribution in [0.3, 0.4) is 0 Å². The molecule has 1 N–H and O–H groups in total. The lowest BCUT2D eigenvalue weighted by Crippen LogP contribution is -2.30. The quantitative estimate of drug-likeness (QED) is 0.519. The van der Waals surface area contributed by atoms with Gasteiger partial charge in [-0.2, -0.15) is 4.31 Å². The number of nitrogens with one attached hydrogen (secondary N) is 1. The summed E-state index contributed by atoms with van der Waals surface area (Å²) in [5, 5.41) is 2.77. The molecule has 30 heavy (non-hydrogen) atoms. The Morgan fingerprint density at radius 2 is 1.73 bits per heavy atom. The number of carbonyl (C=O) groups is 1. The number of sulfonamides is 1. The van der Waals surface area contributed by atoms with Crippen LogP contribution in [0.25, 0.3) is 0 Å². The molecule has 0 aliphatic carbocycles. The lowest BCUT2D eigenvalue weighted by Gasteiger charge is -2.18. The van der Waals surface area contributed by atoms with E-state index in [-0.39, 0.29) is 10.8 Å². The van der Waals surface area contributed by atoms with E-state index in [0.717, 1.165) is 6.42 Å². The zero-order valence-corrected chi connectivity index (χ0v) is 20.0.